The number of aromatic nitrogens is 1. The van der Waals surface area contributed by atoms with Gasteiger partial charge in [-0.25, -0.2) is 9.78 Å². The molecule has 1 unspecified atom stereocenters. The van der Waals surface area contributed by atoms with Crippen LogP contribution in [0.1, 0.15) is 16.8 Å². The van der Waals surface area contributed by atoms with Gasteiger partial charge in [-0.15, -0.1) is 0 Å². The summed E-state index contributed by atoms with van der Waals surface area (Å²) < 4.78 is 0. The van der Waals surface area contributed by atoms with Crippen LogP contribution in [-0.4, -0.2) is 45.1 Å². The van der Waals surface area contributed by atoms with Crippen LogP contribution >= 0.6 is 11.8 Å². The number of carboxylic acid groups (broad SMARTS) is 1. The van der Waals surface area contributed by atoms with Crippen molar-refractivity contribution in [2.75, 3.05) is 7.05 Å². The molecule has 0 radical (unpaired) electrons. The minimum absolute atomic E-state index is 0.109. The van der Waals surface area contributed by atoms with E-state index in [4.69, 9.17) is 5.11 Å². The summed E-state index contributed by atoms with van der Waals surface area (Å²) in [5.74, 6) is -1.55. The van der Waals surface area contributed by atoms with Crippen molar-refractivity contribution >= 4 is 29.5 Å². The summed E-state index contributed by atoms with van der Waals surface area (Å²) in [5.41, 5.74) is 0.109. The van der Waals surface area contributed by atoms with Crippen LogP contribution in [0, 0.1) is 0 Å². The van der Waals surface area contributed by atoms with Crippen molar-refractivity contribution < 1.29 is 19.5 Å². The number of amides is 2. The molecular formula is C11H10N2O4S. The third kappa shape index (κ3) is 2.35. The zero-order chi connectivity index (χ0) is 13.3. The maximum Gasteiger partial charge on any atom is 0.335 e. The Bertz CT molecular complexity index is 532. The summed E-state index contributed by atoms with van der Waals surface area (Å²) in [6.07, 6.45) is 1.50. The van der Waals surface area contributed by atoms with E-state index in [1.54, 1.807) is 0 Å². The summed E-state index contributed by atoms with van der Waals surface area (Å²) in [4.78, 5) is 38.9. The van der Waals surface area contributed by atoms with E-state index < -0.39 is 11.2 Å². The number of carboxylic acids is 1. The number of rotatable bonds is 3. The van der Waals surface area contributed by atoms with Crippen LogP contribution in [-0.2, 0) is 9.59 Å². The first-order valence-electron chi connectivity index (χ1n) is 5.15. The SMILES string of the molecule is CN1C(=O)CC(Sc2cc(C(=O)O)ccn2)C1=O. The van der Waals surface area contributed by atoms with Crippen LogP contribution in [0.25, 0.3) is 0 Å². The van der Waals surface area contributed by atoms with Gasteiger partial charge in [0, 0.05) is 19.7 Å². The first-order chi connectivity index (χ1) is 8.49. The van der Waals surface area contributed by atoms with E-state index in [1.165, 1.54) is 25.4 Å². The van der Waals surface area contributed by atoms with Crippen molar-refractivity contribution in [1.29, 1.82) is 0 Å². The molecule has 1 atom stereocenters. The first kappa shape index (κ1) is 12.6. The summed E-state index contributed by atoms with van der Waals surface area (Å²) in [5, 5.41) is 8.75. The maximum absolute atomic E-state index is 11.7. The number of hydrogen-bond donors (Lipinski definition) is 1. The summed E-state index contributed by atoms with van der Waals surface area (Å²) in [7, 11) is 1.44. The molecular weight excluding hydrogens is 256 g/mol. The Morgan fingerprint density at radius 3 is 2.83 bits per heavy atom. The summed E-state index contributed by atoms with van der Waals surface area (Å²) in [6, 6.07) is 2.77. The molecule has 2 heterocycles. The number of likely N-dealkylation sites (tertiary alicyclic amines) is 1. The monoisotopic (exact) mass is 266 g/mol. The van der Waals surface area contributed by atoms with Crippen molar-refractivity contribution in [3.63, 3.8) is 0 Å². The van der Waals surface area contributed by atoms with Crippen LogP contribution in [0.4, 0.5) is 0 Å². The Hall–Kier alpha value is -1.89. The Morgan fingerprint density at radius 2 is 2.28 bits per heavy atom. The number of carbonyl (C=O) groups is 3. The van der Waals surface area contributed by atoms with Gasteiger partial charge in [-0.2, -0.15) is 0 Å². The highest BCUT2D eigenvalue weighted by molar-refractivity contribution is 8.00. The highest BCUT2D eigenvalue weighted by Gasteiger charge is 2.36. The smallest absolute Gasteiger partial charge is 0.335 e. The lowest BCUT2D eigenvalue weighted by atomic mass is 10.3. The molecule has 0 saturated carbocycles. The van der Waals surface area contributed by atoms with Gasteiger partial charge in [-0.1, -0.05) is 11.8 Å². The van der Waals surface area contributed by atoms with Crippen LogP contribution < -0.4 is 0 Å². The van der Waals surface area contributed by atoms with Gasteiger partial charge >= 0.3 is 5.97 Å². The second-order valence-electron chi connectivity index (χ2n) is 3.79. The van der Waals surface area contributed by atoms with Crippen LogP contribution in [0.2, 0.25) is 0 Å². The van der Waals surface area contributed by atoms with Crippen molar-refractivity contribution in [2.24, 2.45) is 0 Å². The molecule has 0 spiro atoms. The average molecular weight is 266 g/mol. The Balaban J connectivity index is 2.15. The lowest BCUT2D eigenvalue weighted by Gasteiger charge is -2.08. The normalized spacial score (nSPS) is 19.4. The zero-order valence-corrected chi connectivity index (χ0v) is 10.3. The molecule has 0 aliphatic carbocycles. The van der Waals surface area contributed by atoms with Gasteiger partial charge < -0.3 is 5.11 Å². The molecule has 1 aromatic heterocycles. The molecule has 1 fully saturated rings. The highest BCUT2D eigenvalue weighted by Crippen LogP contribution is 2.29. The van der Waals surface area contributed by atoms with Crippen molar-refractivity contribution in [3.05, 3.63) is 23.9 Å². The topological polar surface area (TPSA) is 87.6 Å². The molecule has 0 bridgehead atoms. The van der Waals surface area contributed by atoms with E-state index >= 15 is 0 Å². The van der Waals surface area contributed by atoms with E-state index in [1.807, 2.05) is 0 Å². The second-order valence-corrected chi connectivity index (χ2v) is 5.01. The number of imide groups is 1. The molecule has 2 amide bonds. The molecule has 1 aromatic rings. The van der Waals surface area contributed by atoms with Crippen molar-refractivity contribution in [2.45, 2.75) is 16.7 Å². The van der Waals surface area contributed by atoms with E-state index in [9.17, 15) is 14.4 Å². The van der Waals surface area contributed by atoms with Crippen molar-refractivity contribution in [3.8, 4) is 0 Å². The fourth-order valence-corrected chi connectivity index (χ4v) is 2.66. The molecule has 1 N–H and O–H groups in total. The molecule has 1 aliphatic heterocycles. The van der Waals surface area contributed by atoms with Gasteiger partial charge in [-0.3, -0.25) is 14.5 Å². The average Bonchev–Trinajstić information content (AvgIpc) is 2.57. The molecule has 1 aliphatic rings. The Kier molecular flexibility index (Phi) is 3.33. The minimum atomic E-state index is -1.05. The lowest BCUT2D eigenvalue weighted by molar-refractivity contribution is -0.136. The number of pyridine rings is 1. The van der Waals surface area contributed by atoms with Gasteiger partial charge in [0.15, 0.2) is 0 Å². The predicted octanol–water partition coefficient (Wildman–Crippen LogP) is 0.629. The van der Waals surface area contributed by atoms with E-state index in [0.717, 1.165) is 16.7 Å². The molecule has 18 heavy (non-hydrogen) atoms. The minimum Gasteiger partial charge on any atom is -0.478 e. The maximum atomic E-state index is 11.7. The number of thioether (sulfide) groups is 1. The lowest BCUT2D eigenvalue weighted by Crippen LogP contribution is -2.26. The molecule has 0 aromatic carbocycles. The Labute approximate surface area is 107 Å². The number of nitrogens with zero attached hydrogens (tertiary/aromatic N) is 2. The fraction of sp³-hybridized carbons (Fsp3) is 0.273. The zero-order valence-electron chi connectivity index (χ0n) is 9.49. The Morgan fingerprint density at radius 1 is 1.56 bits per heavy atom. The first-order valence-corrected chi connectivity index (χ1v) is 6.03. The van der Waals surface area contributed by atoms with Gasteiger partial charge in [0.05, 0.1) is 15.8 Å². The predicted molar refractivity (Wildman–Crippen MR) is 63.2 cm³/mol. The molecule has 7 heteroatoms. The van der Waals surface area contributed by atoms with Gasteiger partial charge in [0.2, 0.25) is 11.8 Å². The molecule has 2 rings (SSSR count). The quantitative estimate of drug-likeness (QED) is 0.807. The molecule has 6 nitrogen and oxygen atoms in total. The van der Waals surface area contributed by atoms with E-state index in [0.29, 0.717) is 5.03 Å². The fourth-order valence-electron chi connectivity index (χ4n) is 1.57. The standard InChI is InChI=1S/C11H10N2O4S/c1-13-9(14)5-7(10(13)15)18-8-4-6(11(16)17)2-3-12-8/h2-4,7H,5H2,1H3,(H,16,17). The number of carbonyl (C=O) groups excluding carboxylic acids is 2. The molecule has 1 saturated heterocycles. The largest absolute Gasteiger partial charge is 0.478 e. The highest BCUT2D eigenvalue weighted by atomic mass is 32.2. The summed E-state index contributed by atoms with van der Waals surface area (Å²) in [6.45, 7) is 0. The number of aromatic carboxylic acids is 1. The van der Waals surface area contributed by atoms with Gasteiger partial charge in [0.1, 0.15) is 0 Å². The van der Waals surface area contributed by atoms with Crippen LogP contribution in [0.5, 0.6) is 0 Å². The van der Waals surface area contributed by atoms with Gasteiger partial charge in [0.25, 0.3) is 0 Å². The van der Waals surface area contributed by atoms with Crippen molar-refractivity contribution in [1.82, 2.24) is 9.88 Å². The second kappa shape index (κ2) is 4.77. The molecule has 94 valence electrons. The van der Waals surface area contributed by atoms with Crippen LogP contribution in [0.15, 0.2) is 23.4 Å². The van der Waals surface area contributed by atoms with E-state index in [-0.39, 0.29) is 23.8 Å². The summed E-state index contributed by atoms with van der Waals surface area (Å²) >= 11 is 1.11. The van der Waals surface area contributed by atoms with E-state index in [2.05, 4.69) is 4.98 Å². The van der Waals surface area contributed by atoms with Crippen LogP contribution in [0.3, 0.4) is 0 Å². The third-order valence-electron chi connectivity index (χ3n) is 2.58. The van der Waals surface area contributed by atoms with Gasteiger partial charge in [-0.05, 0) is 12.1 Å². The third-order valence-corrected chi connectivity index (χ3v) is 3.70. The number of hydrogen-bond acceptors (Lipinski definition) is 5.